The molecule has 6 fully saturated rings. The van der Waals surface area contributed by atoms with Gasteiger partial charge in [0.2, 0.25) is 5.91 Å². The Morgan fingerprint density at radius 1 is 1.00 bits per heavy atom. The van der Waals surface area contributed by atoms with E-state index in [-0.39, 0.29) is 28.7 Å². The van der Waals surface area contributed by atoms with Crippen molar-refractivity contribution >= 4 is 11.9 Å². The number of carboxylic acids is 1. The van der Waals surface area contributed by atoms with Crippen LogP contribution in [0.3, 0.4) is 0 Å². The molecule has 0 heterocycles. The van der Waals surface area contributed by atoms with Gasteiger partial charge in [0.1, 0.15) is 0 Å². The van der Waals surface area contributed by atoms with E-state index in [4.69, 9.17) is 0 Å². The first-order chi connectivity index (χ1) is 13.4. The third-order valence-electron chi connectivity index (χ3n) is 8.97. The van der Waals surface area contributed by atoms with Crippen LogP contribution in [0.25, 0.3) is 0 Å². The molecule has 5 atom stereocenters. The average Bonchev–Trinajstić information content (AvgIpc) is 3.18. The molecule has 2 unspecified atom stereocenters. The van der Waals surface area contributed by atoms with Gasteiger partial charge in [0, 0.05) is 5.54 Å². The van der Waals surface area contributed by atoms with Gasteiger partial charge >= 0.3 is 5.97 Å². The maximum absolute atomic E-state index is 13.3. The van der Waals surface area contributed by atoms with Gasteiger partial charge in [0.05, 0.1) is 11.8 Å². The normalized spacial score (nSPS) is 47.1. The van der Waals surface area contributed by atoms with E-state index >= 15 is 0 Å². The Bertz CT molecular complexity index is 835. The summed E-state index contributed by atoms with van der Waals surface area (Å²) >= 11 is 0. The Morgan fingerprint density at radius 3 is 2.36 bits per heavy atom. The van der Waals surface area contributed by atoms with E-state index in [9.17, 15) is 14.7 Å². The van der Waals surface area contributed by atoms with Gasteiger partial charge in [-0.15, -0.1) is 0 Å². The van der Waals surface area contributed by atoms with Gasteiger partial charge in [-0.2, -0.15) is 0 Å². The average molecular weight is 380 g/mol. The summed E-state index contributed by atoms with van der Waals surface area (Å²) in [6, 6.07) is 10.6. The summed E-state index contributed by atoms with van der Waals surface area (Å²) in [5, 5.41) is 13.0. The van der Waals surface area contributed by atoms with Crippen LogP contribution in [0.1, 0.15) is 69.3 Å². The SMILES string of the molecule is O=C(O)CC12CC3CC(C1)CC(NC(=O)[C@@]14C[C@H](c5ccccc5)[C@@H]1C4)(C3)C2. The highest BCUT2D eigenvalue weighted by Gasteiger charge is 2.72. The Hall–Kier alpha value is -1.84. The Kier molecular flexibility index (Phi) is 3.29. The van der Waals surface area contributed by atoms with Crippen molar-refractivity contribution in [1.82, 2.24) is 5.32 Å². The number of aliphatic carboxylic acids is 1. The molecule has 4 nitrogen and oxygen atoms in total. The molecule has 6 aliphatic carbocycles. The molecule has 0 aromatic heterocycles. The molecule has 2 N–H and O–H groups in total. The van der Waals surface area contributed by atoms with Gasteiger partial charge in [-0.25, -0.2) is 0 Å². The lowest BCUT2D eigenvalue weighted by Crippen LogP contribution is -2.64. The number of carbonyl (C=O) groups is 2. The molecule has 4 heteroatoms. The summed E-state index contributed by atoms with van der Waals surface area (Å²) < 4.78 is 0. The summed E-state index contributed by atoms with van der Waals surface area (Å²) in [5.74, 6) is 1.86. The molecule has 4 bridgehead atoms. The van der Waals surface area contributed by atoms with Crippen molar-refractivity contribution in [2.75, 3.05) is 0 Å². The van der Waals surface area contributed by atoms with E-state index in [1.165, 1.54) is 12.0 Å². The number of carbonyl (C=O) groups excluding carboxylic acids is 1. The summed E-state index contributed by atoms with van der Waals surface area (Å²) in [6.45, 7) is 0. The summed E-state index contributed by atoms with van der Waals surface area (Å²) in [7, 11) is 0. The molecule has 7 rings (SSSR count). The second-order valence-electron chi connectivity index (χ2n) is 11.0. The fourth-order valence-corrected chi connectivity index (χ4v) is 8.37. The zero-order chi connectivity index (χ0) is 19.1. The number of benzene rings is 1. The first-order valence-electron chi connectivity index (χ1n) is 11.0. The standard InChI is InChI=1S/C24H29NO3/c26-20(27)13-22-7-15-6-16(8-22)10-23(9-15,14-22)25-21(28)24-11-18(19(24)12-24)17-4-2-1-3-5-17/h1-5,15-16,18-19H,6-14H2,(H,25,28)(H,26,27)/t15?,16?,18-,19+,22?,23?,24-/m1/s1. The van der Waals surface area contributed by atoms with Gasteiger partial charge < -0.3 is 10.4 Å². The van der Waals surface area contributed by atoms with E-state index in [1.807, 2.05) is 0 Å². The van der Waals surface area contributed by atoms with E-state index in [2.05, 4.69) is 35.6 Å². The van der Waals surface area contributed by atoms with Crippen molar-refractivity contribution in [2.24, 2.45) is 28.6 Å². The molecule has 0 radical (unpaired) electrons. The zero-order valence-corrected chi connectivity index (χ0v) is 16.3. The molecule has 28 heavy (non-hydrogen) atoms. The lowest BCUT2D eigenvalue weighted by atomic mass is 9.46. The first kappa shape index (κ1) is 17.1. The highest BCUT2D eigenvalue weighted by molar-refractivity contribution is 5.89. The molecular weight excluding hydrogens is 350 g/mol. The molecule has 148 valence electrons. The highest BCUT2D eigenvalue weighted by Crippen LogP contribution is 2.74. The molecule has 0 spiro atoms. The lowest BCUT2D eigenvalue weighted by Gasteiger charge is -2.62. The minimum absolute atomic E-state index is 0.0734. The number of nitrogens with one attached hydrogen (secondary N) is 1. The van der Waals surface area contributed by atoms with Crippen molar-refractivity contribution in [2.45, 2.75) is 69.2 Å². The van der Waals surface area contributed by atoms with Crippen LogP contribution < -0.4 is 5.32 Å². The van der Waals surface area contributed by atoms with E-state index in [1.54, 1.807) is 0 Å². The molecule has 6 aliphatic rings. The molecule has 0 saturated heterocycles. The van der Waals surface area contributed by atoms with E-state index < -0.39 is 5.97 Å². The maximum Gasteiger partial charge on any atom is 0.303 e. The van der Waals surface area contributed by atoms with Crippen LogP contribution in [0.4, 0.5) is 0 Å². The third-order valence-corrected chi connectivity index (χ3v) is 8.97. The highest BCUT2D eigenvalue weighted by atomic mass is 16.4. The number of carboxylic acid groups (broad SMARTS) is 1. The summed E-state index contributed by atoms with van der Waals surface area (Å²) in [6.07, 6.45) is 8.66. The van der Waals surface area contributed by atoms with Crippen LogP contribution in [0, 0.1) is 28.6 Å². The quantitative estimate of drug-likeness (QED) is 0.809. The maximum atomic E-state index is 13.3. The molecule has 1 aromatic rings. The molecule has 0 aliphatic heterocycles. The van der Waals surface area contributed by atoms with E-state index in [0.29, 0.717) is 23.7 Å². The van der Waals surface area contributed by atoms with Crippen LogP contribution in [-0.4, -0.2) is 22.5 Å². The number of hydrogen-bond donors (Lipinski definition) is 2. The van der Waals surface area contributed by atoms with Crippen molar-refractivity contribution in [1.29, 1.82) is 0 Å². The van der Waals surface area contributed by atoms with Crippen molar-refractivity contribution in [3.63, 3.8) is 0 Å². The van der Waals surface area contributed by atoms with Crippen LogP contribution >= 0.6 is 0 Å². The number of fused-ring (bicyclic) bond motifs is 1. The van der Waals surface area contributed by atoms with Crippen LogP contribution in [0.2, 0.25) is 0 Å². The molecule has 6 saturated carbocycles. The van der Waals surface area contributed by atoms with Gasteiger partial charge in [0.25, 0.3) is 0 Å². The van der Waals surface area contributed by atoms with Crippen molar-refractivity contribution in [3.8, 4) is 0 Å². The van der Waals surface area contributed by atoms with E-state index in [0.717, 1.165) is 44.9 Å². The lowest BCUT2D eigenvalue weighted by molar-refractivity contribution is -0.150. The summed E-state index contributed by atoms with van der Waals surface area (Å²) in [5.41, 5.74) is 1.06. The van der Waals surface area contributed by atoms with Gasteiger partial charge in [-0.3, -0.25) is 9.59 Å². The van der Waals surface area contributed by atoms with Gasteiger partial charge in [0.15, 0.2) is 0 Å². The number of rotatable bonds is 5. The Labute approximate surface area is 166 Å². The Morgan fingerprint density at radius 2 is 1.71 bits per heavy atom. The van der Waals surface area contributed by atoms with Gasteiger partial charge in [-0.05, 0) is 86.0 Å². The Balaban J connectivity index is 1.18. The van der Waals surface area contributed by atoms with Crippen molar-refractivity contribution < 1.29 is 14.7 Å². The van der Waals surface area contributed by atoms with Crippen molar-refractivity contribution in [3.05, 3.63) is 35.9 Å². The summed E-state index contributed by atoms with van der Waals surface area (Å²) in [4.78, 5) is 24.9. The largest absolute Gasteiger partial charge is 0.481 e. The number of hydrogen-bond acceptors (Lipinski definition) is 2. The number of amides is 1. The second-order valence-corrected chi connectivity index (χ2v) is 11.0. The van der Waals surface area contributed by atoms with Crippen LogP contribution in [0.5, 0.6) is 0 Å². The molecule has 1 amide bonds. The van der Waals surface area contributed by atoms with Crippen LogP contribution in [-0.2, 0) is 9.59 Å². The predicted molar refractivity (Wildman–Crippen MR) is 105 cm³/mol. The smallest absolute Gasteiger partial charge is 0.303 e. The predicted octanol–water partition coefficient (Wildman–Crippen LogP) is 4.11. The molecular formula is C24H29NO3. The first-order valence-corrected chi connectivity index (χ1v) is 11.0. The fourth-order valence-electron chi connectivity index (χ4n) is 8.37. The zero-order valence-electron chi connectivity index (χ0n) is 16.3. The monoisotopic (exact) mass is 379 g/mol. The fraction of sp³-hybridized carbons (Fsp3) is 0.667. The topological polar surface area (TPSA) is 66.4 Å². The minimum Gasteiger partial charge on any atom is -0.481 e. The van der Waals surface area contributed by atoms with Gasteiger partial charge in [-0.1, -0.05) is 30.3 Å². The minimum atomic E-state index is -0.672. The molecule has 1 aromatic carbocycles. The third kappa shape index (κ3) is 2.36. The van der Waals surface area contributed by atoms with Crippen LogP contribution in [0.15, 0.2) is 30.3 Å². The second kappa shape index (κ2) is 5.40.